The van der Waals surface area contributed by atoms with E-state index in [1.54, 1.807) is 13.0 Å². The van der Waals surface area contributed by atoms with Crippen LogP contribution in [0, 0.1) is 6.92 Å². The van der Waals surface area contributed by atoms with Gasteiger partial charge in [0, 0.05) is 44.7 Å². The minimum atomic E-state index is -0.0273. The zero-order chi connectivity index (χ0) is 15.5. The maximum Gasteiger partial charge on any atom is 0.226 e. The lowest BCUT2D eigenvalue weighted by Gasteiger charge is -2.46. The van der Waals surface area contributed by atoms with Gasteiger partial charge in [0.2, 0.25) is 5.91 Å². The van der Waals surface area contributed by atoms with Gasteiger partial charge in [0.25, 0.3) is 0 Å². The van der Waals surface area contributed by atoms with Crippen molar-refractivity contribution in [3.8, 4) is 0 Å². The van der Waals surface area contributed by atoms with Crippen molar-refractivity contribution in [3.63, 3.8) is 0 Å². The molecule has 0 saturated carbocycles. The highest BCUT2D eigenvalue weighted by Gasteiger charge is 2.35. The number of carbonyl (C=O) groups excluding carboxylic acids is 1. The minimum absolute atomic E-state index is 0.0273. The van der Waals surface area contributed by atoms with Crippen LogP contribution in [0.2, 0.25) is 0 Å². The molecule has 7 nitrogen and oxygen atoms in total. The van der Waals surface area contributed by atoms with Crippen LogP contribution in [-0.2, 0) is 9.53 Å². The number of morpholine rings is 1. The number of amides is 1. The summed E-state index contributed by atoms with van der Waals surface area (Å²) < 4.78 is 10.8. The maximum atomic E-state index is 12.0. The molecule has 3 heterocycles. The van der Waals surface area contributed by atoms with E-state index in [4.69, 9.17) is 9.26 Å². The number of rotatable bonds is 4. The van der Waals surface area contributed by atoms with Gasteiger partial charge in [-0.1, -0.05) is 5.16 Å². The first-order chi connectivity index (χ1) is 10.6. The van der Waals surface area contributed by atoms with E-state index in [2.05, 4.69) is 27.3 Å². The van der Waals surface area contributed by atoms with Crippen molar-refractivity contribution < 1.29 is 14.1 Å². The van der Waals surface area contributed by atoms with Crippen molar-refractivity contribution in [1.82, 2.24) is 15.0 Å². The van der Waals surface area contributed by atoms with Crippen LogP contribution in [0.1, 0.15) is 18.6 Å². The Morgan fingerprint density at radius 2 is 2.36 bits per heavy atom. The molecule has 1 N–H and O–H groups in total. The molecule has 122 valence electrons. The highest BCUT2D eigenvalue weighted by Crippen LogP contribution is 2.22. The van der Waals surface area contributed by atoms with Crippen molar-refractivity contribution >= 4 is 11.7 Å². The van der Waals surface area contributed by atoms with Gasteiger partial charge in [-0.2, -0.15) is 0 Å². The minimum Gasteiger partial charge on any atom is -0.375 e. The Kier molecular flexibility index (Phi) is 4.75. The first kappa shape index (κ1) is 15.5. The molecule has 2 atom stereocenters. The molecule has 3 rings (SSSR count). The molecule has 2 unspecified atom stereocenters. The Balaban J connectivity index is 1.50. The first-order valence-corrected chi connectivity index (χ1v) is 7.89. The molecule has 2 aliphatic heterocycles. The average Bonchev–Trinajstić information content (AvgIpc) is 2.90. The van der Waals surface area contributed by atoms with E-state index in [0.29, 0.717) is 30.1 Å². The highest BCUT2D eigenvalue weighted by atomic mass is 16.5. The van der Waals surface area contributed by atoms with Crippen LogP contribution in [0.4, 0.5) is 5.82 Å². The number of hydrogen-bond donors (Lipinski definition) is 1. The number of carbonyl (C=O) groups is 1. The van der Waals surface area contributed by atoms with Crippen LogP contribution in [0.5, 0.6) is 0 Å². The Morgan fingerprint density at radius 1 is 1.50 bits per heavy atom. The van der Waals surface area contributed by atoms with Gasteiger partial charge >= 0.3 is 0 Å². The van der Waals surface area contributed by atoms with Gasteiger partial charge in [0.1, 0.15) is 5.76 Å². The molecule has 1 aromatic heterocycles. The Morgan fingerprint density at radius 3 is 3.14 bits per heavy atom. The summed E-state index contributed by atoms with van der Waals surface area (Å²) in [5.41, 5.74) is 0. The molecule has 0 aromatic carbocycles. The monoisotopic (exact) mass is 308 g/mol. The summed E-state index contributed by atoms with van der Waals surface area (Å²) >= 11 is 0. The van der Waals surface area contributed by atoms with E-state index < -0.39 is 0 Å². The molecule has 2 fully saturated rings. The van der Waals surface area contributed by atoms with Crippen LogP contribution in [0.15, 0.2) is 10.6 Å². The van der Waals surface area contributed by atoms with Gasteiger partial charge in [0.15, 0.2) is 5.82 Å². The normalized spacial score (nSPS) is 26.6. The molecule has 22 heavy (non-hydrogen) atoms. The lowest BCUT2D eigenvalue weighted by molar-refractivity contribution is -0.120. The predicted octanol–water partition coefficient (Wildman–Crippen LogP) is 0.717. The summed E-state index contributed by atoms with van der Waals surface area (Å²) in [4.78, 5) is 16.7. The predicted molar refractivity (Wildman–Crippen MR) is 81.7 cm³/mol. The zero-order valence-corrected chi connectivity index (χ0v) is 13.2. The Hall–Kier alpha value is -1.44. The molecular formula is C15H24N4O3. The summed E-state index contributed by atoms with van der Waals surface area (Å²) in [7, 11) is 2.14. The summed E-state index contributed by atoms with van der Waals surface area (Å²) in [6.07, 6.45) is 1.84. The van der Waals surface area contributed by atoms with E-state index in [-0.39, 0.29) is 5.91 Å². The average molecular weight is 308 g/mol. The van der Waals surface area contributed by atoms with Gasteiger partial charge in [0.05, 0.1) is 12.7 Å². The molecule has 2 saturated heterocycles. The van der Waals surface area contributed by atoms with Gasteiger partial charge in [-0.05, 0) is 20.4 Å². The number of hydrogen-bond acceptors (Lipinski definition) is 6. The Labute approximate surface area is 130 Å². The van der Waals surface area contributed by atoms with E-state index in [0.717, 1.165) is 39.2 Å². The van der Waals surface area contributed by atoms with Gasteiger partial charge in [-0.25, -0.2) is 0 Å². The summed E-state index contributed by atoms with van der Waals surface area (Å²) in [6, 6.07) is 2.12. The van der Waals surface area contributed by atoms with Crippen LogP contribution < -0.4 is 5.32 Å². The fourth-order valence-corrected chi connectivity index (χ4v) is 3.25. The topological polar surface area (TPSA) is 70.8 Å². The molecule has 1 amide bonds. The molecule has 7 heteroatoms. The van der Waals surface area contributed by atoms with Crippen LogP contribution in [0.25, 0.3) is 0 Å². The molecule has 2 aliphatic rings. The molecule has 0 radical (unpaired) electrons. The van der Waals surface area contributed by atoms with Crippen molar-refractivity contribution in [3.05, 3.63) is 11.8 Å². The smallest absolute Gasteiger partial charge is 0.226 e. The van der Waals surface area contributed by atoms with Gasteiger partial charge < -0.3 is 19.5 Å². The number of likely N-dealkylation sites (N-methyl/N-ethyl adjacent to an activating group) is 1. The van der Waals surface area contributed by atoms with Crippen LogP contribution in [-0.4, -0.2) is 72.8 Å². The number of likely N-dealkylation sites (tertiary alicyclic amines) is 1. The maximum absolute atomic E-state index is 12.0. The number of anilines is 1. The van der Waals surface area contributed by atoms with E-state index in [1.165, 1.54) is 0 Å². The second-order valence-electron chi connectivity index (χ2n) is 6.18. The molecule has 0 aliphatic carbocycles. The Bertz CT molecular complexity index is 519. The molecule has 0 spiro atoms. The fraction of sp³-hybridized carbons (Fsp3) is 0.733. The highest BCUT2D eigenvalue weighted by molar-refractivity contribution is 5.89. The number of aryl methyl sites for hydroxylation is 1. The van der Waals surface area contributed by atoms with E-state index in [1.807, 2.05) is 0 Å². The van der Waals surface area contributed by atoms with Gasteiger partial charge in [-0.3, -0.25) is 9.69 Å². The van der Waals surface area contributed by atoms with Crippen LogP contribution >= 0.6 is 0 Å². The lowest BCUT2D eigenvalue weighted by Crippen LogP contribution is -2.59. The third-order valence-electron chi connectivity index (χ3n) is 4.42. The first-order valence-electron chi connectivity index (χ1n) is 7.89. The second-order valence-corrected chi connectivity index (χ2v) is 6.18. The zero-order valence-electron chi connectivity index (χ0n) is 13.2. The number of fused-ring (bicyclic) bond motifs is 1. The largest absolute Gasteiger partial charge is 0.375 e. The quantitative estimate of drug-likeness (QED) is 0.883. The van der Waals surface area contributed by atoms with Crippen molar-refractivity contribution in [2.24, 2.45) is 0 Å². The van der Waals surface area contributed by atoms with Gasteiger partial charge in [-0.15, -0.1) is 0 Å². The third-order valence-corrected chi connectivity index (χ3v) is 4.42. The SMILES string of the molecule is Cc1cc(NC(=O)CCN2CCOC3CCN(C)CC32)no1. The summed E-state index contributed by atoms with van der Waals surface area (Å²) in [5.74, 6) is 1.15. The van der Waals surface area contributed by atoms with Crippen LogP contribution in [0.3, 0.4) is 0 Å². The number of nitrogens with one attached hydrogen (secondary N) is 1. The van der Waals surface area contributed by atoms with E-state index >= 15 is 0 Å². The number of ether oxygens (including phenoxy) is 1. The number of piperidine rings is 1. The summed E-state index contributed by atoms with van der Waals surface area (Å²) in [5, 5.41) is 6.55. The summed E-state index contributed by atoms with van der Waals surface area (Å²) in [6.45, 7) is 6.30. The number of aromatic nitrogens is 1. The second kappa shape index (κ2) is 6.76. The standard InChI is InChI=1S/C15H24N4O3/c1-11-9-14(17-22-11)16-15(20)4-6-19-7-8-21-13-3-5-18(2)10-12(13)19/h9,12-13H,3-8,10H2,1-2H3,(H,16,17,20). The molecular weight excluding hydrogens is 284 g/mol. The number of nitrogens with zero attached hydrogens (tertiary/aromatic N) is 3. The fourth-order valence-electron chi connectivity index (χ4n) is 3.25. The van der Waals surface area contributed by atoms with Crippen molar-refractivity contribution in [1.29, 1.82) is 0 Å². The van der Waals surface area contributed by atoms with Crippen molar-refractivity contribution in [2.45, 2.75) is 31.9 Å². The molecule has 1 aromatic rings. The third kappa shape index (κ3) is 3.66. The lowest BCUT2D eigenvalue weighted by atomic mass is 9.99. The molecule has 0 bridgehead atoms. The van der Waals surface area contributed by atoms with E-state index in [9.17, 15) is 4.79 Å². The van der Waals surface area contributed by atoms with Crippen molar-refractivity contribution in [2.75, 3.05) is 45.2 Å².